The number of carbonyl (C=O) groups is 2. The Morgan fingerprint density at radius 2 is 2.13 bits per heavy atom. The molecular weight excluding hydrogens is 290 g/mol. The van der Waals surface area contributed by atoms with Gasteiger partial charge in [-0.25, -0.2) is 0 Å². The molecule has 5 nitrogen and oxygen atoms in total. The Kier molecular flexibility index (Phi) is 4.39. The zero-order valence-corrected chi connectivity index (χ0v) is 13.8. The minimum atomic E-state index is -0.404. The third-order valence-corrected chi connectivity index (χ3v) is 5.12. The van der Waals surface area contributed by atoms with Gasteiger partial charge in [-0.3, -0.25) is 14.5 Å². The molecule has 0 aromatic heterocycles. The Bertz CT molecular complexity index is 587. The molecule has 1 aromatic carbocycles. The Labute approximate surface area is 137 Å². The molecule has 2 atom stereocenters. The van der Waals surface area contributed by atoms with E-state index in [1.807, 2.05) is 30.3 Å². The first-order valence-corrected chi connectivity index (χ1v) is 8.37. The van der Waals surface area contributed by atoms with Crippen LogP contribution in [-0.4, -0.2) is 41.9 Å². The third-order valence-electron chi connectivity index (χ3n) is 5.12. The average Bonchev–Trinajstić information content (AvgIpc) is 3.12. The molecule has 1 aromatic rings. The predicted molar refractivity (Wildman–Crippen MR) is 88.6 cm³/mol. The number of carbonyl (C=O) groups excluding carboxylic acids is 2. The zero-order valence-electron chi connectivity index (χ0n) is 13.8. The normalized spacial score (nSPS) is 27.6. The van der Waals surface area contributed by atoms with Crippen LogP contribution in [0.1, 0.15) is 32.3 Å². The second kappa shape index (κ2) is 6.32. The molecule has 0 saturated carbocycles. The van der Waals surface area contributed by atoms with E-state index >= 15 is 0 Å². The van der Waals surface area contributed by atoms with Crippen LogP contribution >= 0.6 is 0 Å². The molecule has 2 saturated heterocycles. The highest BCUT2D eigenvalue weighted by Crippen LogP contribution is 2.40. The van der Waals surface area contributed by atoms with Crippen molar-refractivity contribution < 1.29 is 9.59 Å². The standard InChI is InChI=1S/C18H25N3O2/c1-13(2)21-9-8-18(12-21)10-15(20-17(18)23)16(22)19-11-14-6-4-3-5-7-14/h3-7,13,15H,8-12H2,1-2H3,(H,19,22)(H,20,23)/t15-,18+/m0/s1. The summed E-state index contributed by atoms with van der Waals surface area (Å²) >= 11 is 0. The second-order valence-electron chi connectivity index (χ2n) is 7.03. The number of hydrogen-bond donors (Lipinski definition) is 2. The Hall–Kier alpha value is -1.88. The maximum absolute atomic E-state index is 12.4. The van der Waals surface area contributed by atoms with E-state index < -0.39 is 6.04 Å². The summed E-state index contributed by atoms with van der Waals surface area (Å²) in [5.74, 6) is -0.0393. The summed E-state index contributed by atoms with van der Waals surface area (Å²) < 4.78 is 0. The quantitative estimate of drug-likeness (QED) is 0.880. The lowest BCUT2D eigenvalue weighted by Gasteiger charge is -2.23. The van der Waals surface area contributed by atoms with Crippen LogP contribution in [0.15, 0.2) is 30.3 Å². The Balaban J connectivity index is 1.58. The monoisotopic (exact) mass is 315 g/mol. The highest BCUT2D eigenvalue weighted by atomic mass is 16.2. The SMILES string of the molecule is CC(C)N1CC[C@@]2(C[C@@H](C(=O)NCc3ccccc3)NC2=O)C1. The van der Waals surface area contributed by atoms with Gasteiger partial charge in [-0.1, -0.05) is 30.3 Å². The van der Waals surface area contributed by atoms with E-state index in [9.17, 15) is 9.59 Å². The fourth-order valence-electron chi connectivity index (χ4n) is 3.61. The molecule has 5 heteroatoms. The summed E-state index contributed by atoms with van der Waals surface area (Å²) in [6.07, 6.45) is 1.45. The van der Waals surface area contributed by atoms with Crippen molar-refractivity contribution >= 4 is 11.8 Å². The number of likely N-dealkylation sites (tertiary alicyclic amines) is 1. The van der Waals surface area contributed by atoms with Crippen LogP contribution in [0.3, 0.4) is 0 Å². The van der Waals surface area contributed by atoms with Gasteiger partial charge in [-0.05, 0) is 38.8 Å². The van der Waals surface area contributed by atoms with Crippen molar-refractivity contribution in [1.82, 2.24) is 15.5 Å². The lowest BCUT2D eigenvalue weighted by atomic mass is 9.84. The Morgan fingerprint density at radius 3 is 2.78 bits per heavy atom. The van der Waals surface area contributed by atoms with Gasteiger partial charge in [0.25, 0.3) is 0 Å². The van der Waals surface area contributed by atoms with Crippen LogP contribution in [-0.2, 0) is 16.1 Å². The van der Waals surface area contributed by atoms with E-state index in [1.165, 1.54) is 0 Å². The number of benzene rings is 1. The molecule has 2 heterocycles. The summed E-state index contributed by atoms with van der Waals surface area (Å²) in [6, 6.07) is 9.84. The first kappa shape index (κ1) is 16.0. The van der Waals surface area contributed by atoms with Crippen LogP contribution in [0.5, 0.6) is 0 Å². The van der Waals surface area contributed by atoms with E-state index in [1.54, 1.807) is 0 Å². The molecule has 23 heavy (non-hydrogen) atoms. The average molecular weight is 315 g/mol. The topological polar surface area (TPSA) is 61.4 Å². The third kappa shape index (κ3) is 3.24. The fourth-order valence-corrected chi connectivity index (χ4v) is 3.61. The molecule has 2 fully saturated rings. The van der Waals surface area contributed by atoms with Gasteiger partial charge in [0.1, 0.15) is 6.04 Å². The molecule has 2 aliphatic heterocycles. The molecule has 2 amide bonds. The summed E-state index contributed by atoms with van der Waals surface area (Å²) in [6.45, 7) is 6.49. The largest absolute Gasteiger partial charge is 0.350 e. The van der Waals surface area contributed by atoms with Gasteiger partial charge in [-0.15, -0.1) is 0 Å². The highest BCUT2D eigenvalue weighted by Gasteiger charge is 2.52. The number of nitrogens with one attached hydrogen (secondary N) is 2. The van der Waals surface area contributed by atoms with E-state index in [0.717, 1.165) is 25.1 Å². The van der Waals surface area contributed by atoms with Crippen molar-refractivity contribution in [2.24, 2.45) is 5.41 Å². The van der Waals surface area contributed by atoms with E-state index in [0.29, 0.717) is 19.0 Å². The minimum Gasteiger partial charge on any atom is -0.350 e. The van der Waals surface area contributed by atoms with Crippen molar-refractivity contribution in [2.45, 2.75) is 45.3 Å². The maximum Gasteiger partial charge on any atom is 0.242 e. The number of hydrogen-bond acceptors (Lipinski definition) is 3. The van der Waals surface area contributed by atoms with Gasteiger partial charge >= 0.3 is 0 Å². The highest BCUT2D eigenvalue weighted by molar-refractivity contribution is 5.94. The van der Waals surface area contributed by atoms with Crippen LogP contribution in [0.2, 0.25) is 0 Å². The smallest absolute Gasteiger partial charge is 0.242 e. The van der Waals surface area contributed by atoms with Crippen LogP contribution in [0.25, 0.3) is 0 Å². The molecule has 1 spiro atoms. The molecule has 2 N–H and O–H groups in total. The van der Waals surface area contributed by atoms with Crippen LogP contribution < -0.4 is 10.6 Å². The fraction of sp³-hybridized carbons (Fsp3) is 0.556. The van der Waals surface area contributed by atoms with Crippen molar-refractivity contribution in [3.8, 4) is 0 Å². The van der Waals surface area contributed by atoms with Crippen LogP contribution in [0.4, 0.5) is 0 Å². The van der Waals surface area contributed by atoms with Crippen molar-refractivity contribution in [3.63, 3.8) is 0 Å². The molecule has 0 radical (unpaired) electrons. The Morgan fingerprint density at radius 1 is 1.39 bits per heavy atom. The van der Waals surface area contributed by atoms with Crippen molar-refractivity contribution in [2.75, 3.05) is 13.1 Å². The van der Waals surface area contributed by atoms with Gasteiger partial charge in [0.05, 0.1) is 5.41 Å². The van der Waals surface area contributed by atoms with E-state index in [2.05, 4.69) is 29.4 Å². The lowest BCUT2D eigenvalue weighted by Crippen LogP contribution is -2.41. The summed E-state index contributed by atoms with van der Waals surface area (Å²) in [4.78, 5) is 27.1. The first-order valence-electron chi connectivity index (χ1n) is 8.37. The molecule has 124 valence electrons. The molecule has 3 rings (SSSR count). The summed E-state index contributed by atoms with van der Waals surface area (Å²) in [5.41, 5.74) is 0.686. The molecule has 0 bridgehead atoms. The van der Waals surface area contributed by atoms with Gasteiger partial charge in [-0.2, -0.15) is 0 Å². The second-order valence-corrected chi connectivity index (χ2v) is 7.03. The minimum absolute atomic E-state index is 0.0421. The van der Waals surface area contributed by atoms with Gasteiger partial charge in [0.15, 0.2) is 0 Å². The molecule has 0 aliphatic carbocycles. The van der Waals surface area contributed by atoms with E-state index in [4.69, 9.17) is 0 Å². The van der Waals surface area contributed by atoms with Crippen molar-refractivity contribution in [1.29, 1.82) is 0 Å². The molecular formula is C18H25N3O2. The number of amides is 2. The first-order chi connectivity index (χ1) is 11.0. The summed E-state index contributed by atoms with van der Waals surface area (Å²) in [7, 11) is 0. The zero-order chi connectivity index (χ0) is 16.4. The van der Waals surface area contributed by atoms with Gasteiger partial charge < -0.3 is 10.6 Å². The molecule has 0 unspecified atom stereocenters. The number of rotatable bonds is 4. The lowest BCUT2D eigenvalue weighted by molar-refractivity contribution is -0.128. The van der Waals surface area contributed by atoms with Gasteiger partial charge in [0.2, 0.25) is 11.8 Å². The van der Waals surface area contributed by atoms with E-state index in [-0.39, 0.29) is 17.2 Å². The van der Waals surface area contributed by atoms with Crippen LogP contribution in [0, 0.1) is 5.41 Å². The predicted octanol–water partition coefficient (Wildman–Crippen LogP) is 1.29. The maximum atomic E-state index is 12.4. The summed E-state index contributed by atoms with van der Waals surface area (Å²) in [5, 5.41) is 5.84. The van der Waals surface area contributed by atoms with Gasteiger partial charge in [0, 0.05) is 19.1 Å². The number of nitrogens with zero attached hydrogens (tertiary/aromatic N) is 1. The molecule has 2 aliphatic rings. The van der Waals surface area contributed by atoms with Crippen molar-refractivity contribution in [3.05, 3.63) is 35.9 Å².